The zero-order valence-corrected chi connectivity index (χ0v) is 13.0. The Balaban J connectivity index is 1.82. The van der Waals surface area contributed by atoms with E-state index in [1.807, 2.05) is 4.90 Å². The summed E-state index contributed by atoms with van der Waals surface area (Å²) in [5.74, 6) is -1.27. The molecule has 7 heteroatoms. The van der Waals surface area contributed by atoms with E-state index in [-0.39, 0.29) is 24.3 Å². The van der Waals surface area contributed by atoms with Crippen molar-refractivity contribution in [1.29, 1.82) is 0 Å². The number of hydrogen-bond acceptors (Lipinski definition) is 3. The van der Waals surface area contributed by atoms with Gasteiger partial charge in [0, 0.05) is 13.1 Å². The molecule has 1 amide bonds. The Morgan fingerprint density at radius 1 is 1.43 bits per heavy atom. The highest BCUT2D eigenvalue weighted by atomic mass is 35.5. The fraction of sp³-hybridized carbons (Fsp3) is 0.429. The SMILES string of the molecule is CC(C(=O)O)C1CN(CC(=O)Nc2cccc(Cl)c2Cl)C1. The molecule has 0 spiro atoms. The summed E-state index contributed by atoms with van der Waals surface area (Å²) in [4.78, 5) is 24.7. The minimum atomic E-state index is -0.796. The normalized spacial score (nSPS) is 17.1. The van der Waals surface area contributed by atoms with Gasteiger partial charge >= 0.3 is 5.97 Å². The molecule has 2 rings (SSSR count). The number of carboxylic acids is 1. The van der Waals surface area contributed by atoms with Crippen molar-refractivity contribution in [2.45, 2.75) is 6.92 Å². The molecular weight excluding hydrogens is 315 g/mol. The Morgan fingerprint density at radius 2 is 2.10 bits per heavy atom. The number of nitrogens with one attached hydrogen (secondary N) is 1. The summed E-state index contributed by atoms with van der Waals surface area (Å²) < 4.78 is 0. The van der Waals surface area contributed by atoms with E-state index in [1.165, 1.54) is 0 Å². The molecule has 1 heterocycles. The van der Waals surface area contributed by atoms with Crippen LogP contribution in [-0.2, 0) is 9.59 Å². The van der Waals surface area contributed by atoms with Crippen LogP contribution in [0.15, 0.2) is 18.2 Å². The molecule has 1 fully saturated rings. The number of carbonyl (C=O) groups excluding carboxylic acids is 1. The molecule has 0 saturated carbocycles. The Bertz CT molecular complexity index is 559. The minimum absolute atomic E-state index is 0.102. The van der Waals surface area contributed by atoms with E-state index in [9.17, 15) is 9.59 Å². The first-order valence-electron chi connectivity index (χ1n) is 6.57. The molecule has 0 aromatic heterocycles. The van der Waals surface area contributed by atoms with E-state index in [2.05, 4.69) is 5.32 Å². The summed E-state index contributed by atoms with van der Waals surface area (Å²) in [5.41, 5.74) is 0.477. The molecular formula is C14H16Cl2N2O3. The van der Waals surface area contributed by atoms with Crippen molar-refractivity contribution in [3.8, 4) is 0 Å². The zero-order chi connectivity index (χ0) is 15.6. The van der Waals surface area contributed by atoms with Gasteiger partial charge in [-0.1, -0.05) is 36.2 Å². The number of hydrogen-bond donors (Lipinski definition) is 2. The van der Waals surface area contributed by atoms with E-state index in [0.717, 1.165) is 0 Å². The van der Waals surface area contributed by atoms with Crippen LogP contribution in [0.25, 0.3) is 0 Å². The number of nitrogens with zero attached hydrogens (tertiary/aromatic N) is 1. The van der Waals surface area contributed by atoms with Crippen LogP contribution < -0.4 is 5.32 Å². The molecule has 1 aromatic carbocycles. The number of carbonyl (C=O) groups is 2. The lowest BCUT2D eigenvalue weighted by atomic mass is 9.87. The second kappa shape index (κ2) is 6.64. The highest BCUT2D eigenvalue weighted by Crippen LogP contribution is 2.29. The molecule has 21 heavy (non-hydrogen) atoms. The summed E-state index contributed by atoms with van der Waals surface area (Å²) in [6.45, 7) is 3.14. The quantitative estimate of drug-likeness (QED) is 0.870. The maximum absolute atomic E-state index is 11.9. The Kier molecular flexibility index (Phi) is 5.08. The summed E-state index contributed by atoms with van der Waals surface area (Å²) in [5, 5.41) is 12.3. The second-order valence-corrected chi connectivity index (χ2v) is 6.02. The van der Waals surface area contributed by atoms with Gasteiger partial charge in [0.1, 0.15) is 0 Å². The van der Waals surface area contributed by atoms with Crippen molar-refractivity contribution in [2.24, 2.45) is 11.8 Å². The molecule has 1 aliphatic heterocycles. The van der Waals surface area contributed by atoms with Crippen LogP contribution in [-0.4, -0.2) is 41.5 Å². The molecule has 2 N–H and O–H groups in total. The van der Waals surface area contributed by atoms with Gasteiger partial charge in [0.2, 0.25) is 5.91 Å². The number of benzene rings is 1. The third-order valence-electron chi connectivity index (χ3n) is 3.67. The number of anilines is 1. The molecule has 0 radical (unpaired) electrons. The van der Waals surface area contributed by atoms with Crippen molar-refractivity contribution in [2.75, 3.05) is 25.0 Å². The Hall–Kier alpha value is -1.30. The molecule has 1 saturated heterocycles. The molecule has 0 aliphatic carbocycles. The second-order valence-electron chi connectivity index (χ2n) is 5.23. The highest BCUT2D eigenvalue weighted by Gasteiger charge is 2.35. The summed E-state index contributed by atoms with van der Waals surface area (Å²) in [7, 11) is 0. The smallest absolute Gasteiger partial charge is 0.306 e. The molecule has 5 nitrogen and oxygen atoms in total. The number of likely N-dealkylation sites (tertiary alicyclic amines) is 1. The minimum Gasteiger partial charge on any atom is -0.481 e. The number of aliphatic carboxylic acids is 1. The van der Waals surface area contributed by atoms with Gasteiger partial charge in [-0.2, -0.15) is 0 Å². The predicted octanol–water partition coefficient (Wildman–Crippen LogP) is 2.58. The van der Waals surface area contributed by atoms with Crippen molar-refractivity contribution in [3.05, 3.63) is 28.2 Å². The molecule has 1 aromatic rings. The summed E-state index contributed by atoms with van der Waals surface area (Å²) in [6.07, 6.45) is 0. The summed E-state index contributed by atoms with van der Waals surface area (Å²) >= 11 is 11.9. The van der Waals surface area contributed by atoms with Gasteiger partial charge in [0.05, 0.1) is 28.2 Å². The van der Waals surface area contributed by atoms with Crippen LogP contribution in [0.4, 0.5) is 5.69 Å². The van der Waals surface area contributed by atoms with Gasteiger partial charge in [0.25, 0.3) is 0 Å². The zero-order valence-electron chi connectivity index (χ0n) is 11.5. The van der Waals surface area contributed by atoms with Gasteiger partial charge in [-0.3, -0.25) is 14.5 Å². The third kappa shape index (κ3) is 3.87. The van der Waals surface area contributed by atoms with E-state index in [0.29, 0.717) is 28.8 Å². The van der Waals surface area contributed by atoms with Crippen molar-refractivity contribution >= 4 is 40.8 Å². The van der Waals surface area contributed by atoms with E-state index < -0.39 is 5.97 Å². The third-order valence-corrected chi connectivity index (χ3v) is 4.49. The average Bonchev–Trinajstić information content (AvgIpc) is 2.38. The molecule has 1 atom stereocenters. The van der Waals surface area contributed by atoms with Crippen LogP contribution in [0.2, 0.25) is 10.0 Å². The molecule has 1 unspecified atom stereocenters. The van der Waals surface area contributed by atoms with Crippen molar-refractivity contribution < 1.29 is 14.7 Å². The maximum atomic E-state index is 11.9. The fourth-order valence-electron chi connectivity index (χ4n) is 2.25. The van der Waals surface area contributed by atoms with Gasteiger partial charge in [-0.15, -0.1) is 0 Å². The van der Waals surface area contributed by atoms with E-state index in [1.54, 1.807) is 25.1 Å². The van der Waals surface area contributed by atoms with E-state index >= 15 is 0 Å². The van der Waals surface area contributed by atoms with E-state index in [4.69, 9.17) is 28.3 Å². The van der Waals surface area contributed by atoms with Gasteiger partial charge < -0.3 is 10.4 Å². The van der Waals surface area contributed by atoms with Crippen LogP contribution in [0.3, 0.4) is 0 Å². The van der Waals surface area contributed by atoms with Gasteiger partial charge in [-0.25, -0.2) is 0 Å². The summed E-state index contributed by atoms with van der Waals surface area (Å²) in [6, 6.07) is 5.03. The largest absolute Gasteiger partial charge is 0.481 e. The fourth-order valence-corrected chi connectivity index (χ4v) is 2.60. The first kappa shape index (κ1) is 16.1. The number of rotatable bonds is 5. The number of amides is 1. The van der Waals surface area contributed by atoms with Crippen molar-refractivity contribution in [3.63, 3.8) is 0 Å². The van der Waals surface area contributed by atoms with Crippen LogP contribution in [0.1, 0.15) is 6.92 Å². The van der Waals surface area contributed by atoms with Crippen LogP contribution in [0.5, 0.6) is 0 Å². The monoisotopic (exact) mass is 330 g/mol. The lowest BCUT2D eigenvalue weighted by molar-refractivity contribution is -0.145. The first-order chi connectivity index (χ1) is 9.88. The highest BCUT2D eigenvalue weighted by molar-refractivity contribution is 6.43. The lowest BCUT2D eigenvalue weighted by Gasteiger charge is -2.40. The maximum Gasteiger partial charge on any atom is 0.306 e. The van der Waals surface area contributed by atoms with Crippen LogP contribution >= 0.6 is 23.2 Å². The van der Waals surface area contributed by atoms with Crippen LogP contribution in [0, 0.1) is 11.8 Å². The average molecular weight is 331 g/mol. The Labute approximate surface area is 132 Å². The van der Waals surface area contributed by atoms with Crippen molar-refractivity contribution in [1.82, 2.24) is 4.90 Å². The molecule has 0 bridgehead atoms. The lowest BCUT2D eigenvalue weighted by Crippen LogP contribution is -2.53. The Morgan fingerprint density at radius 3 is 2.71 bits per heavy atom. The predicted molar refractivity (Wildman–Crippen MR) is 81.8 cm³/mol. The standard InChI is InChI=1S/C14H16Cl2N2O3/c1-8(14(20)21)9-5-18(6-9)7-12(19)17-11-4-2-3-10(15)13(11)16/h2-4,8-9H,5-7H2,1H3,(H,17,19)(H,20,21). The number of halogens is 2. The molecule has 114 valence electrons. The molecule has 1 aliphatic rings. The number of carboxylic acid groups (broad SMARTS) is 1. The van der Waals surface area contributed by atoms with Gasteiger partial charge in [-0.05, 0) is 18.1 Å². The van der Waals surface area contributed by atoms with Gasteiger partial charge in [0.15, 0.2) is 0 Å². The first-order valence-corrected chi connectivity index (χ1v) is 7.33. The topological polar surface area (TPSA) is 69.6 Å².